The molecule has 8 heteroatoms. The largest absolute Gasteiger partial charge is 0.495 e. The first-order valence-electron chi connectivity index (χ1n) is 6.85. The Morgan fingerprint density at radius 1 is 1.17 bits per heavy atom. The second-order valence-electron chi connectivity index (χ2n) is 4.71. The van der Waals surface area contributed by atoms with E-state index in [4.69, 9.17) is 21.1 Å². The molecule has 0 spiro atoms. The average molecular weight is 418 g/mol. The zero-order valence-electron chi connectivity index (χ0n) is 13.0. The molecule has 0 fully saturated rings. The van der Waals surface area contributed by atoms with E-state index in [1.54, 1.807) is 18.2 Å². The van der Waals surface area contributed by atoms with E-state index < -0.39 is 11.7 Å². The fourth-order valence-electron chi connectivity index (χ4n) is 1.96. The number of rotatable bonds is 6. The number of anilines is 2. The van der Waals surface area contributed by atoms with Crippen molar-refractivity contribution in [3.05, 3.63) is 45.6 Å². The number of carbonyl (C=O) groups is 1. The molecule has 2 rings (SSSR count). The molecule has 0 saturated carbocycles. The predicted octanol–water partition coefficient (Wildman–Crippen LogP) is 4.31. The first-order valence-corrected chi connectivity index (χ1v) is 8.02. The van der Waals surface area contributed by atoms with Crippen LogP contribution in [0.25, 0.3) is 0 Å². The Bertz CT molecular complexity index is 758. The van der Waals surface area contributed by atoms with Gasteiger partial charge in [-0.25, -0.2) is 4.39 Å². The van der Waals surface area contributed by atoms with Crippen LogP contribution in [0.2, 0.25) is 5.02 Å². The van der Waals surface area contributed by atoms with Gasteiger partial charge in [-0.3, -0.25) is 4.79 Å². The van der Waals surface area contributed by atoms with Crippen LogP contribution in [0.15, 0.2) is 34.8 Å². The van der Waals surface area contributed by atoms with Gasteiger partial charge in [0.25, 0.3) is 0 Å². The number of hydrogen-bond acceptors (Lipinski definition) is 4. The van der Waals surface area contributed by atoms with Crippen LogP contribution in [-0.4, -0.2) is 26.7 Å². The van der Waals surface area contributed by atoms with Gasteiger partial charge in [0.15, 0.2) is 0 Å². The van der Waals surface area contributed by atoms with Gasteiger partial charge in [0.2, 0.25) is 5.91 Å². The highest BCUT2D eigenvalue weighted by molar-refractivity contribution is 9.10. The van der Waals surface area contributed by atoms with Crippen LogP contribution in [0.4, 0.5) is 15.8 Å². The third kappa shape index (κ3) is 4.52. The van der Waals surface area contributed by atoms with Crippen LogP contribution < -0.4 is 20.1 Å². The predicted molar refractivity (Wildman–Crippen MR) is 95.8 cm³/mol. The summed E-state index contributed by atoms with van der Waals surface area (Å²) in [6.07, 6.45) is 0. The highest BCUT2D eigenvalue weighted by Crippen LogP contribution is 2.35. The monoisotopic (exact) mass is 416 g/mol. The molecule has 2 aromatic rings. The first kappa shape index (κ1) is 18.4. The lowest BCUT2D eigenvalue weighted by molar-refractivity contribution is -0.114. The minimum atomic E-state index is -0.525. The lowest BCUT2D eigenvalue weighted by Crippen LogP contribution is -2.22. The van der Waals surface area contributed by atoms with Crippen molar-refractivity contribution in [1.29, 1.82) is 0 Å². The molecule has 2 N–H and O–H groups in total. The van der Waals surface area contributed by atoms with Gasteiger partial charge in [-0.15, -0.1) is 0 Å². The van der Waals surface area contributed by atoms with Crippen molar-refractivity contribution in [3.8, 4) is 11.5 Å². The Morgan fingerprint density at radius 3 is 2.50 bits per heavy atom. The highest BCUT2D eigenvalue weighted by Gasteiger charge is 2.12. The van der Waals surface area contributed by atoms with Gasteiger partial charge in [-0.05, 0) is 18.2 Å². The zero-order chi connectivity index (χ0) is 17.7. The molecular formula is C16H15BrClFN2O3. The Kier molecular flexibility index (Phi) is 6.28. The number of nitrogens with one attached hydrogen (secondary N) is 2. The summed E-state index contributed by atoms with van der Waals surface area (Å²) in [5.74, 6) is -0.0292. The average Bonchev–Trinajstić information content (AvgIpc) is 2.55. The van der Waals surface area contributed by atoms with Crippen LogP contribution >= 0.6 is 27.5 Å². The van der Waals surface area contributed by atoms with Crippen molar-refractivity contribution in [2.24, 2.45) is 0 Å². The SMILES string of the molecule is COc1cc(NCC(=O)Nc2ccc(Br)cc2F)c(OC)cc1Cl. The van der Waals surface area contributed by atoms with E-state index in [0.717, 1.165) is 0 Å². The maximum Gasteiger partial charge on any atom is 0.243 e. The molecule has 0 atom stereocenters. The minimum absolute atomic E-state index is 0.0867. The van der Waals surface area contributed by atoms with Crippen molar-refractivity contribution >= 4 is 44.8 Å². The smallest absolute Gasteiger partial charge is 0.243 e. The topological polar surface area (TPSA) is 59.6 Å². The quantitative estimate of drug-likeness (QED) is 0.735. The number of carbonyl (C=O) groups excluding carboxylic acids is 1. The molecule has 0 aliphatic heterocycles. The van der Waals surface area contributed by atoms with Crippen molar-refractivity contribution < 1.29 is 18.7 Å². The number of ether oxygens (including phenoxy) is 2. The third-order valence-corrected chi connectivity index (χ3v) is 3.91. The second-order valence-corrected chi connectivity index (χ2v) is 6.04. The van der Waals surface area contributed by atoms with E-state index in [1.807, 2.05) is 0 Å². The molecule has 128 valence electrons. The number of benzene rings is 2. The molecular weight excluding hydrogens is 403 g/mol. The molecule has 1 amide bonds. The fraction of sp³-hybridized carbons (Fsp3) is 0.188. The summed E-state index contributed by atoms with van der Waals surface area (Å²) in [6.45, 7) is -0.0867. The summed E-state index contributed by atoms with van der Waals surface area (Å²) in [7, 11) is 2.97. The molecule has 0 aromatic heterocycles. The van der Waals surface area contributed by atoms with Crippen molar-refractivity contribution in [3.63, 3.8) is 0 Å². The summed E-state index contributed by atoms with van der Waals surface area (Å²) in [4.78, 5) is 12.0. The highest BCUT2D eigenvalue weighted by atomic mass is 79.9. The Labute approximate surface area is 152 Å². The molecule has 2 aromatic carbocycles. The minimum Gasteiger partial charge on any atom is -0.495 e. The maximum atomic E-state index is 13.7. The summed E-state index contributed by atoms with van der Waals surface area (Å²) < 4.78 is 24.7. The zero-order valence-corrected chi connectivity index (χ0v) is 15.3. The number of hydrogen-bond donors (Lipinski definition) is 2. The maximum absolute atomic E-state index is 13.7. The molecule has 0 unspecified atom stereocenters. The Morgan fingerprint density at radius 2 is 1.88 bits per heavy atom. The van der Waals surface area contributed by atoms with E-state index in [0.29, 0.717) is 26.7 Å². The summed E-state index contributed by atoms with van der Waals surface area (Å²) in [5, 5.41) is 5.79. The fourth-order valence-corrected chi connectivity index (χ4v) is 2.52. The summed E-state index contributed by atoms with van der Waals surface area (Å²) in [5.41, 5.74) is 0.635. The molecule has 0 aliphatic rings. The van der Waals surface area contributed by atoms with Crippen molar-refractivity contribution in [1.82, 2.24) is 0 Å². The molecule has 24 heavy (non-hydrogen) atoms. The van der Waals surface area contributed by atoms with Gasteiger partial charge >= 0.3 is 0 Å². The standard InChI is InChI=1S/C16H15BrClFN2O3/c1-23-14-7-13(15(24-2)6-10(14)18)20-8-16(22)21-12-4-3-9(17)5-11(12)19/h3-7,20H,8H2,1-2H3,(H,21,22). The van der Waals surface area contributed by atoms with Crippen LogP contribution in [-0.2, 0) is 4.79 Å². The van der Waals surface area contributed by atoms with E-state index >= 15 is 0 Å². The van der Waals surface area contributed by atoms with E-state index in [9.17, 15) is 9.18 Å². The van der Waals surface area contributed by atoms with Crippen LogP contribution in [0, 0.1) is 5.82 Å². The van der Waals surface area contributed by atoms with Crippen molar-refractivity contribution in [2.75, 3.05) is 31.4 Å². The van der Waals surface area contributed by atoms with Crippen LogP contribution in [0.1, 0.15) is 0 Å². The second kappa shape index (κ2) is 8.21. The Balaban J connectivity index is 2.06. The number of halogens is 3. The normalized spacial score (nSPS) is 10.2. The molecule has 0 heterocycles. The Hall–Kier alpha value is -1.99. The third-order valence-electron chi connectivity index (χ3n) is 3.12. The molecule has 0 aliphatic carbocycles. The van der Waals surface area contributed by atoms with Crippen LogP contribution in [0.3, 0.4) is 0 Å². The van der Waals surface area contributed by atoms with E-state index in [-0.39, 0.29) is 12.2 Å². The summed E-state index contributed by atoms with van der Waals surface area (Å²) >= 11 is 9.18. The van der Waals surface area contributed by atoms with Crippen molar-refractivity contribution in [2.45, 2.75) is 0 Å². The van der Waals surface area contributed by atoms with Gasteiger partial charge < -0.3 is 20.1 Å². The molecule has 0 radical (unpaired) electrons. The molecule has 0 saturated heterocycles. The first-order chi connectivity index (χ1) is 11.4. The number of amides is 1. The lowest BCUT2D eigenvalue weighted by atomic mass is 10.2. The molecule has 0 bridgehead atoms. The number of methoxy groups -OCH3 is 2. The van der Waals surface area contributed by atoms with Gasteiger partial charge in [-0.2, -0.15) is 0 Å². The van der Waals surface area contributed by atoms with E-state index in [2.05, 4.69) is 26.6 Å². The van der Waals surface area contributed by atoms with Gasteiger partial charge in [0, 0.05) is 16.6 Å². The van der Waals surface area contributed by atoms with Gasteiger partial charge in [-0.1, -0.05) is 27.5 Å². The lowest BCUT2D eigenvalue weighted by Gasteiger charge is -2.14. The summed E-state index contributed by atoms with van der Waals surface area (Å²) in [6, 6.07) is 7.59. The van der Waals surface area contributed by atoms with E-state index in [1.165, 1.54) is 26.4 Å². The van der Waals surface area contributed by atoms with Crippen LogP contribution in [0.5, 0.6) is 11.5 Å². The van der Waals surface area contributed by atoms with Gasteiger partial charge in [0.05, 0.1) is 37.2 Å². The molecule has 5 nitrogen and oxygen atoms in total. The van der Waals surface area contributed by atoms with Gasteiger partial charge in [0.1, 0.15) is 17.3 Å².